The van der Waals surface area contributed by atoms with Crippen LogP contribution in [0.2, 0.25) is 0 Å². The number of nitrogens with zero attached hydrogens (tertiary/aromatic N) is 1. The van der Waals surface area contributed by atoms with Crippen LogP contribution in [-0.4, -0.2) is 24.9 Å². The van der Waals surface area contributed by atoms with Gasteiger partial charge in [0.25, 0.3) is 5.91 Å². The molecule has 1 heterocycles. The van der Waals surface area contributed by atoms with Gasteiger partial charge in [0.2, 0.25) is 0 Å². The van der Waals surface area contributed by atoms with Crippen LogP contribution < -0.4 is 5.32 Å². The molecule has 2 rings (SSSR count). The van der Waals surface area contributed by atoms with Gasteiger partial charge >= 0.3 is 0 Å². The monoisotopic (exact) mass is 366 g/mol. The van der Waals surface area contributed by atoms with Gasteiger partial charge in [-0.25, -0.2) is 0 Å². The van der Waals surface area contributed by atoms with Gasteiger partial charge in [-0.3, -0.25) is 4.79 Å². The van der Waals surface area contributed by atoms with Crippen molar-refractivity contribution in [1.82, 2.24) is 4.90 Å². The second-order valence-electron chi connectivity index (χ2n) is 5.24. The van der Waals surface area contributed by atoms with Crippen molar-refractivity contribution in [3.63, 3.8) is 0 Å². The van der Waals surface area contributed by atoms with Crippen LogP contribution in [0.5, 0.6) is 0 Å². The molecular formula is C16H19BrN2OS. The molecule has 1 amide bonds. The van der Waals surface area contributed by atoms with E-state index in [1.807, 2.05) is 25.1 Å². The highest BCUT2D eigenvalue weighted by Gasteiger charge is 2.13. The first-order valence-corrected chi connectivity index (χ1v) is 8.33. The maximum atomic E-state index is 12.1. The van der Waals surface area contributed by atoms with E-state index in [9.17, 15) is 4.79 Å². The van der Waals surface area contributed by atoms with Crippen LogP contribution in [0.3, 0.4) is 0 Å². The topological polar surface area (TPSA) is 32.3 Å². The first-order chi connectivity index (χ1) is 9.88. The Balaban J connectivity index is 2.23. The minimum Gasteiger partial charge on any atom is -0.377 e. The van der Waals surface area contributed by atoms with Crippen LogP contribution in [0.4, 0.5) is 5.69 Å². The zero-order valence-corrected chi connectivity index (χ0v) is 15.0. The third-order valence-electron chi connectivity index (χ3n) is 3.28. The lowest BCUT2D eigenvalue weighted by atomic mass is 10.1. The summed E-state index contributed by atoms with van der Waals surface area (Å²) in [6.45, 7) is 4.17. The third-order valence-corrected chi connectivity index (χ3v) is 5.09. The van der Waals surface area contributed by atoms with Crippen molar-refractivity contribution in [2.24, 2.45) is 0 Å². The smallest absolute Gasteiger partial charge is 0.253 e. The maximum Gasteiger partial charge on any atom is 0.253 e. The standard InChI is InChI=1S/C16H19BrN2OS/c1-10-5-6-12(16(20)19(3)4)9-13(10)18-11(2)14-7-8-15(17)21-14/h5-9,11,18H,1-4H3. The zero-order valence-electron chi connectivity index (χ0n) is 12.6. The highest BCUT2D eigenvalue weighted by Crippen LogP contribution is 2.30. The number of anilines is 1. The summed E-state index contributed by atoms with van der Waals surface area (Å²) < 4.78 is 1.12. The van der Waals surface area contributed by atoms with Gasteiger partial charge in [0.1, 0.15) is 0 Å². The van der Waals surface area contributed by atoms with Crippen molar-refractivity contribution in [3.8, 4) is 0 Å². The molecule has 2 aromatic rings. The van der Waals surface area contributed by atoms with Crippen molar-refractivity contribution in [2.75, 3.05) is 19.4 Å². The van der Waals surface area contributed by atoms with Crippen LogP contribution in [0.1, 0.15) is 33.8 Å². The number of benzene rings is 1. The fourth-order valence-corrected chi connectivity index (χ4v) is 3.46. The van der Waals surface area contributed by atoms with E-state index in [-0.39, 0.29) is 11.9 Å². The van der Waals surface area contributed by atoms with E-state index in [2.05, 4.69) is 40.3 Å². The SMILES string of the molecule is Cc1ccc(C(=O)N(C)C)cc1NC(C)c1ccc(Br)s1. The lowest BCUT2D eigenvalue weighted by molar-refractivity contribution is 0.0827. The lowest BCUT2D eigenvalue weighted by Crippen LogP contribution is -2.21. The molecule has 0 bridgehead atoms. The van der Waals surface area contributed by atoms with Crippen molar-refractivity contribution in [3.05, 3.63) is 50.1 Å². The molecule has 0 aliphatic heterocycles. The summed E-state index contributed by atoms with van der Waals surface area (Å²) in [6.07, 6.45) is 0. The van der Waals surface area contributed by atoms with Gasteiger partial charge in [-0.1, -0.05) is 6.07 Å². The van der Waals surface area contributed by atoms with Crippen molar-refractivity contribution in [2.45, 2.75) is 19.9 Å². The molecule has 112 valence electrons. The molecular weight excluding hydrogens is 348 g/mol. The van der Waals surface area contributed by atoms with E-state index in [1.165, 1.54) is 4.88 Å². The fourth-order valence-electron chi connectivity index (χ4n) is 2.03. The summed E-state index contributed by atoms with van der Waals surface area (Å²) in [5, 5.41) is 3.49. The van der Waals surface area contributed by atoms with Crippen molar-refractivity contribution < 1.29 is 4.79 Å². The highest BCUT2D eigenvalue weighted by atomic mass is 79.9. The number of halogens is 1. The number of thiophene rings is 1. The first kappa shape index (κ1) is 16.0. The number of rotatable bonds is 4. The highest BCUT2D eigenvalue weighted by molar-refractivity contribution is 9.11. The average Bonchev–Trinajstić information content (AvgIpc) is 2.87. The Bertz CT molecular complexity index is 651. The fraction of sp³-hybridized carbons (Fsp3) is 0.312. The quantitative estimate of drug-likeness (QED) is 0.850. The van der Waals surface area contributed by atoms with Crippen LogP contribution >= 0.6 is 27.3 Å². The number of amides is 1. The Hall–Kier alpha value is -1.33. The van der Waals surface area contributed by atoms with E-state index >= 15 is 0 Å². The van der Waals surface area contributed by atoms with Gasteiger partial charge in [0.05, 0.1) is 9.83 Å². The lowest BCUT2D eigenvalue weighted by Gasteiger charge is -2.18. The molecule has 0 saturated heterocycles. The Morgan fingerprint density at radius 3 is 2.57 bits per heavy atom. The molecule has 3 nitrogen and oxygen atoms in total. The van der Waals surface area contributed by atoms with Crippen LogP contribution in [0.15, 0.2) is 34.1 Å². The number of carbonyl (C=O) groups excluding carboxylic acids is 1. The zero-order chi connectivity index (χ0) is 15.6. The predicted molar refractivity (Wildman–Crippen MR) is 93.3 cm³/mol. The van der Waals surface area contributed by atoms with Gasteiger partial charge < -0.3 is 10.2 Å². The van der Waals surface area contributed by atoms with E-state index in [4.69, 9.17) is 0 Å². The molecule has 1 aromatic carbocycles. The third kappa shape index (κ3) is 3.86. The van der Waals surface area contributed by atoms with Gasteiger partial charge in [-0.2, -0.15) is 0 Å². The molecule has 1 N–H and O–H groups in total. The van der Waals surface area contributed by atoms with Gasteiger partial charge in [-0.15, -0.1) is 11.3 Å². The second-order valence-corrected chi connectivity index (χ2v) is 7.73. The second kappa shape index (κ2) is 6.62. The summed E-state index contributed by atoms with van der Waals surface area (Å²) in [5.74, 6) is 0.0181. The molecule has 0 spiro atoms. The van der Waals surface area contributed by atoms with Gasteiger partial charge in [0, 0.05) is 30.2 Å². The number of aryl methyl sites for hydroxylation is 1. The average molecular weight is 367 g/mol. The van der Waals surface area contributed by atoms with Crippen LogP contribution in [0.25, 0.3) is 0 Å². The van der Waals surface area contributed by atoms with E-state index < -0.39 is 0 Å². The van der Waals surface area contributed by atoms with Gasteiger partial charge in [-0.05, 0) is 59.6 Å². The van der Waals surface area contributed by atoms with Crippen LogP contribution in [-0.2, 0) is 0 Å². The molecule has 1 aromatic heterocycles. The number of carbonyl (C=O) groups is 1. The first-order valence-electron chi connectivity index (χ1n) is 6.72. The molecule has 0 aliphatic carbocycles. The van der Waals surface area contributed by atoms with Gasteiger partial charge in [0.15, 0.2) is 0 Å². The van der Waals surface area contributed by atoms with E-state index in [0.717, 1.165) is 15.0 Å². The molecule has 1 atom stereocenters. The summed E-state index contributed by atoms with van der Waals surface area (Å²) in [4.78, 5) is 14.9. The molecule has 0 fully saturated rings. The number of hydrogen-bond acceptors (Lipinski definition) is 3. The number of hydrogen-bond donors (Lipinski definition) is 1. The largest absolute Gasteiger partial charge is 0.377 e. The van der Waals surface area contributed by atoms with E-state index in [0.29, 0.717) is 5.56 Å². The molecule has 0 aliphatic rings. The molecule has 0 radical (unpaired) electrons. The summed E-state index contributed by atoms with van der Waals surface area (Å²) >= 11 is 5.20. The van der Waals surface area contributed by atoms with E-state index in [1.54, 1.807) is 30.3 Å². The number of nitrogens with one attached hydrogen (secondary N) is 1. The molecule has 1 unspecified atom stereocenters. The molecule has 21 heavy (non-hydrogen) atoms. The Morgan fingerprint density at radius 1 is 1.29 bits per heavy atom. The normalized spacial score (nSPS) is 12.0. The Kier molecular flexibility index (Phi) is 5.06. The minimum atomic E-state index is 0.0181. The van der Waals surface area contributed by atoms with Crippen molar-refractivity contribution in [1.29, 1.82) is 0 Å². The summed E-state index contributed by atoms with van der Waals surface area (Å²) in [7, 11) is 3.53. The minimum absolute atomic E-state index is 0.0181. The maximum absolute atomic E-state index is 12.1. The summed E-state index contributed by atoms with van der Waals surface area (Å²) in [5.41, 5.74) is 2.83. The van der Waals surface area contributed by atoms with Crippen LogP contribution in [0, 0.1) is 6.92 Å². The van der Waals surface area contributed by atoms with Crippen molar-refractivity contribution >= 4 is 38.9 Å². The molecule has 0 saturated carbocycles. The molecule has 5 heteroatoms. The predicted octanol–water partition coefficient (Wildman–Crippen LogP) is 4.69. The Labute approximate surface area is 138 Å². The summed E-state index contributed by atoms with van der Waals surface area (Å²) in [6, 6.07) is 10.1. The Morgan fingerprint density at radius 2 is 2.00 bits per heavy atom.